The van der Waals surface area contributed by atoms with E-state index in [2.05, 4.69) is 40.2 Å². The van der Waals surface area contributed by atoms with Crippen LogP contribution in [0.15, 0.2) is 30.5 Å². The molecule has 1 N–H and O–H groups in total. The molecule has 1 unspecified atom stereocenters. The van der Waals surface area contributed by atoms with Gasteiger partial charge in [-0.3, -0.25) is 4.68 Å². The summed E-state index contributed by atoms with van der Waals surface area (Å²) in [5, 5.41) is 16.8. The fraction of sp³-hybridized carbons (Fsp3) is 0.500. The second-order valence-electron chi connectivity index (χ2n) is 6.45. The van der Waals surface area contributed by atoms with Crippen LogP contribution in [0.1, 0.15) is 55.5 Å². The van der Waals surface area contributed by atoms with Gasteiger partial charge in [0.2, 0.25) is 0 Å². The zero-order chi connectivity index (χ0) is 17.5. The maximum Gasteiger partial charge on any atom is 0.119 e. The van der Waals surface area contributed by atoms with Gasteiger partial charge in [-0.1, -0.05) is 12.1 Å². The highest BCUT2D eigenvalue weighted by Crippen LogP contribution is 2.30. The first-order valence-corrected chi connectivity index (χ1v) is 9.18. The summed E-state index contributed by atoms with van der Waals surface area (Å²) in [6, 6.07) is 10.7. The van der Waals surface area contributed by atoms with Crippen molar-refractivity contribution in [3.8, 4) is 11.8 Å². The summed E-state index contributed by atoms with van der Waals surface area (Å²) >= 11 is 0. The molecule has 0 bridgehead atoms. The lowest BCUT2D eigenvalue weighted by Crippen LogP contribution is -2.25. The molecule has 0 fully saturated rings. The standard InChI is InChI=1S/C20H26N4O/c1-2-24-20-10-6-9-19(18(20)15-23-24)22-14-16-7-5-8-17(13-16)25-12-4-3-11-21/h5,7-8,13,15,19,22H,2-4,6,9-10,12,14H2,1H3. The normalized spacial score (nSPS) is 16.2. The molecule has 1 atom stereocenters. The maximum atomic E-state index is 8.57. The summed E-state index contributed by atoms with van der Waals surface area (Å²) in [5.41, 5.74) is 3.96. The summed E-state index contributed by atoms with van der Waals surface area (Å²) in [5.74, 6) is 0.875. The Hall–Kier alpha value is -2.32. The number of aryl methyl sites for hydroxylation is 1. The lowest BCUT2D eigenvalue weighted by atomic mass is 9.93. The second-order valence-corrected chi connectivity index (χ2v) is 6.45. The summed E-state index contributed by atoms with van der Waals surface area (Å²) in [6.07, 6.45) is 6.84. The van der Waals surface area contributed by atoms with Gasteiger partial charge in [0.05, 0.1) is 18.9 Å². The molecule has 5 heteroatoms. The molecule has 1 aromatic carbocycles. The number of rotatable bonds is 8. The van der Waals surface area contributed by atoms with E-state index in [4.69, 9.17) is 10.00 Å². The van der Waals surface area contributed by atoms with Crippen LogP contribution in [0.25, 0.3) is 0 Å². The largest absolute Gasteiger partial charge is 0.494 e. The predicted octanol–water partition coefficient (Wildman–Crippen LogP) is 3.75. The first-order chi connectivity index (χ1) is 12.3. The minimum absolute atomic E-state index is 0.379. The van der Waals surface area contributed by atoms with Gasteiger partial charge in [0, 0.05) is 36.8 Å². The number of unbranched alkanes of at least 4 members (excludes halogenated alkanes) is 1. The van der Waals surface area contributed by atoms with Crippen molar-refractivity contribution < 1.29 is 4.74 Å². The number of nitriles is 1. The first kappa shape index (κ1) is 17.5. The number of aromatic nitrogens is 2. The van der Waals surface area contributed by atoms with Gasteiger partial charge in [0.25, 0.3) is 0 Å². The molecule has 132 valence electrons. The monoisotopic (exact) mass is 338 g/mol. The number of nitrogens with one attached hydrogen (secondary N) is 1. The lowest BCUT2D eigenvalue weighted by molar-refractivity contribution is 0.312. The van der Waals surface area contributed by atoms with Crippen molar-refractivity contribution in [3.05, 3.63) is 47.3 Å². The molecule has 1 heterocycles. The smallest absolute Gasteiger partial charge is 0.119 e. The quantitative estimate of drug-likeness (QED) is 0.745. The molecule has 3 rings (SSSR count). The zero-order valence-electron chi connectivity index (χ0n) is 14.9. The maximum absolute atomic E-state index is 8.57. The number of benzene rings is 1. The highest BCUT2D eigenvalue weighted by atomic mass is 16.5. The SMILES string of the molecule is CCn1ncc2c1CCCC2NCc1cccc(OCCCC#N)c1. The van der Waals surface area contributed by atoms with Crippen LogP contribution in [0, 0.1) is 11.3 Å². The minimum atomic E-state index is 0.379. The van der Waals surface area contributed by atoms with Crippen LogP contribution in [0.2, 0.25) is 0 Å². The highest BCUT2D eigenvalue weighted by molar-refractivity contribution is 5.29. The van der Waals surface area contributed by atoms with Gasteiger partial charge in [-0.05, 0) is 50.3 Å². The molecule has 0 spiro atoms. The Bertz CT molecular complexity index is 732. The molecular weight excluding hydrogens is 312 g/mol. The molecule has 1 aromatic heterocycles. The first-order valence-electron chi connectivity index (χ1n) is 9.18. The van der Waals surface area contributed by atoms with Gasteiger partial charge in [0.1, 0.15) is 5.75 Å². The lowest BCUT2D eigenvalue weighted by Gasteiger charge is -2.24. The molecule has 2 aromatic rings. The van der Waals surface area contributed by atoms with E-state index >= 15 is 0 Å². The average Bonchev–Trinajstić information content (AvgIpc) is 3.08. The molecular formula is C20H26N4O. The van der Waals surface area contributed by atoms with E-state index in [1.165, 1.54) is 23.2 Å². The minimum Gasteiger partial charge on any atom is -0.494 e. The Morgan fingerprint density at radius 2 is 2.36 bits per heavy atom. The van der Waals surface area contributed by atoms with E-state index < -0.39 is 0 Å². The Balaban J connectivity index is 1.57. The van der Waals surface area contributed by atoms with Crippen LogP contribution in [0.5, 0.6) is 5.75 Å². The molecule has 0 amide bonds. The van der Waals surface area contributed by atoms with E-state index in [1.807, 2.05) is 18.3 Å². The van der Waals surface area contributed by atoms with Crippen LogP contribution < -0.4 is 10.1 Å². The molecule has 0 saturated heterocycles. The number of hydrogen-bond donors (Lipinski definition) is 1. The van der Waals surface area contributed by atoms with E-state index in [-0.39, 0.29) is 0 Å². The number of fused-ring (bicyclic) bond motifs is 1. The third-order valence-corrected chi connectivity index (χ3v) is 4.72. The molecule has 5 nitrogen and oxygen atoms in total. The van der Waals surface area contributed by atoms with Crippen molar-refractivity contribution in [1.82, 2.24) is 15.1 Å². The number of hydrogen-bond acceptors (Lipinski definition) is 4. The predicted molar refractivity (Wildman–Crippen MR) is 97.2 cm³/mol. The van der Waals surface area contributed by atoms with Gasteiger partial charge in [-0.25, -0.2) is 0 Å². The van der Waals surface area contributed by atoms with Crippen molar-refractivity contribution in [2.45, 2.75) is 58.2 Å². The fourth-order valence-corrected chi connectivity index (χ4v) is 3.43. The number of ether oxygens (including phenoxy) is 1. The Morgan fingerprint density at radius 3 is 3.20 bits per heavy atom. The van der Waals surface area contributed by atoms with Gasteiger partial charge in [-0.2, -0.15) is 10.4 Å². The molecule has 0 radical (unpaired) electrons. The van der Waals surface area contributed by atoms with Crippen molar-refractivity contribution >= 4 is 0 Å². The van der Waals surface area contributed by atoms with Crippen LogP contribution in [0.4, 0.5) is 0 Å². The van der Waals surface area contributed by atoms with E-state index in [9.17, 15) is 0 Å². The highest BCUT2D eigenvalue weighted by Gasteiger charge is 2.23. The number of nitrogens with zero attached hydrogens (tertiary/aromatic N) is 3. The van der Waals surface area contributed by atoms with Crippen molar-refractivity contribution in [2.75, 3.05) is 6.61 Å². The zero-order valence-corrected chi connectivity index (χ0v) is 14.9. The summed E-state index contributed by atoms with van der Waals surface area (Å²) in [7, 11) is 0. The van der Waals surface area contributed by atoms with E-state index in [0.717, 1.165) is 38.1 Å². The molecule has 1 aliphatic rings. The third-order valence-electron chi connectivity index (χ3n) is 4.72. The van der Waals surface area contributed by atoms with Gasteiger partial charge in [-0.15, -0.1) is 0 Å². The Morgan fingerprint density at radius 1 is 1.44 bits per heavy atom. The van der Waals surface area contributed by atoms with E-state index in [1.54, 1.807) is 0 Å². The van der Waals surface area contributed by atoms with Crippen LogP contribution >= 0.6 is 0 Å². The molecule has 25 heavy (non-hydrogen) atoms. The molecule has 0 saturated carbocycles. The average molecular weight is 338 g/mol. The third kappa shape index (κ3) is 4.40. The van der Waals surface area contributed by atoms with Gasteiger partial charge < -0.3 is 10.1 Å². The van der Waals surface area contributed by atoms with Crippen molar-refractivity contribution in [3.63, 3.8) is 0 Å². The topological polar surface area (TPSA) is 62.9 Å². The van der Waals surface area contributed by atoms with Gasteiger partial charge in [0.15, 0.2) is 0 Å². The van der Waals surface area contributed by atoms with Crippen molar-refractivity contribution in [1.29, 1.82) is 5.26 Å². The van der Waals surface area contributed by atoms with Crippen LogP contribution in [-0.2, 0) is 19.5 Å². The van der Waals surface area contributed by atoms with Crippen LogP contribution in [0.3, 0.4) is 0 Å². The molecule has 0 aliphatic heterocycles. The van der Waals surface area contributed by atoms with Crippen molar-refractivity contribution in [2.24, 2.45) is 0 Å². The summed E-state index contributed by atoms with van der Waals surface area (Å²) in [4.78, 5) is 0. The van der Waals surface area contributed by atoms with E-state index in [0.29, 0.717) is 19.1 Å². The van der Waals surface area contributed by atoms with Crippen LogP contribution in [-0.4, -0.2) is 16.4 Å². The Kier molecular flexibility index (Phi) is 6.08. The summed E-state index contributed by atoms with van der Waals surface area (Å²) < 4.78 is 7.85. The van der Waals surface area contributed by atoms with Gasteiger partial charge >= 0.3 is 0 Å². The summed E-state index contributed by atoms with van der Waals surface area (Å²) in [6.45, 7) is 4.49. The Labute approximate surface area is 149 Å². The second kappa shape index (κ2) is 8.68. The molecule has 1 aliphatic carbocycles. The fourth-order valence-electron chi connectivity index (χ4n) is 3.43.